The topological polar surface area (TPSA) is 408 Å². The Kier molecular flexibility index (Phi) is 32.6. The van der Waals surface area contributed by atoms with Gasteiger partial charge in [-0.2, -0.15) is 4.99 Å². The standard InChI is InChI=1S/C69H92N14O15/c1-2-58(85)72-29-30-75-69(97)79-68(70)74-27-11-18-56(65(94)76-43-48-20-23-54(84)24-21-48)78-67(96)64(51-13-4-3-5-14-51)53-16-10-17-55(42-53)98-39-9-8-26-73-66(95)57(41-49-19-22-50-12-6-7-15-52(50)40-49)77-59(86)25-28-71-60(87)44-80-31-33-81(45-61(88)89)35-37-83(47-63(92)93)38-36-82(34-32-80)46-62(90)91/h3-7,10,12-17,19-24,40,42,56-57,64,84H,2,8-9,11,18,25-39,41,43-47H2,1H3,(H,71,87)(H,72,85)(H,73,95)(H,76,94)(H,77,86)(H,78,96)(H,88,89)(H,90,91)(H,92,93)(H4,70,74,75,79,97)/t56-,57-,64?/m1/s1. The minimum absolute atomic E-state index is 0.0643. The molecule has 1 aliphatic rings. The van der Waals surface area contributed by atoms with Crippen molar-refractivity contribution < 1.29 is 73.1 Å². The number of aromatic hydroxyl groups is 1. The van der Waals surface area contributed by atoms with E-state index in [1.54, 1.807) is 75.1 Å². The van der Waals surface area contributed by atoms with E-state index in [1.807, 2.05) is 60.7 Å². The number of nitrogens with two attached hydrogens (primary N) is 1. The molecule has 0 radical (unpaired) electrons. The van der Waals surface area contributed by atoms with E-state index in [4.69, 9.17) is 10.5 Å². The van der Waals surface area contributed by atoms with Crippen molar-refractivity contribution in [1.29, 1.82) is 0 Å². The maximum Gasteiger partial charge on any atom is 0.344 e. The second-order valence-corrected chi connectivity index (χ2v) is 23.6. The predicted octanol–water partition coefficient (Wildman–Crippen LogP) is 1.38. The van der Waals surface area contributed by atoms with Crippen LogP contribution in [0, 0.1) is 0 Å². The number of carbonyl (C=O) groups is 10. The van der Waals surface area contributed by atoms with Crippen molar-refractivity contribution in [1.82, 2.24) is 62.1 Å². The third-order valence-corrected chi connectivity index (χ3v) is 16.0. The number of carbonyl (C=O) groups excluding carboxylic acids is 7. The van der Waals surface area contributed by atoms with Gasteiger partial charge in [0.05, 0.1) is 38.7 Å². The van der Waals surface area contributed by atoms with E-state index in [2.05, 4.69) is 47.5 Å². The maximum atomic E-state index is 14.6. The number of amides is 8. The summed E-state index contributed by atoms with van der Waals surface area (Å²) < 4.78 is 6.21. The van der Waals surface area contributed by atoms with Gasteiger partial charge in [0.1, 0.15) is 23.6 Å². The number of ether oxygens (including phenoxy) is 1. The summed E-state index contributed by atoms with van der Waals surface area (Å²) in [6.07, 6.45) is 1.74. The number of nitrogens with zero attached hydrogens (tertiary/aromatic N) is 5. The number of hydrogen-bond acceptors (Lipinski definition) is 16. The number of benzene rings is 5. The Morgan fingerprint density at radius 3 is 1.69 bits per heavy atom. The Labute approximate surface area is 569 Å². The van der Waals surface area contributed by atoms with Crippen LogP contribution in [0.5, 0.6) is 11.5 Å². The van der Waals surface area contributed by atoms with Crippen LogP contribution < -0.4 is 53.0 Å². The number of urea groups is 1. The minimum Gasteiger partial charge on any atom is -0.508 e. The van der Waals surface area contributed by atoms with Crippen molar-refractivity contribution in [2.45, 2.75) is 76.4 Å². The molecule has 0 aliphatic carbocycles. The highest BCUT2D eigenvalue weighted by atomic mass is 16.5. The second-order valence-electron chi connectivity index (χ2n) is 23.6. The fourth-order valence-corrected chi connectivity index (χ4v) is 10.8. The molecule has 0 spiro atoms. The third-order valence-electron chi connectivity index (χ3n) is 16.0. The molecule has 3 atom stereocenters. The molecule has 29 heteroatoms. The largest absolute Gasteiger partial charge is 0.508 e. The molecule has 8 amide bonds. The monoisotopic (exact) mass is 1360 g/mol. The van der Waals surface area contributed by atoms with E-state index >= 15 is 0 Å². The van der Waals surface area contributed by atoms with Gasteiger partial charge in [-0.05, 0) is 83.0 Å². The zero-order chi connectivity index (χ0) is 70.6. The van der Waals surface area contributed by atoms with Crippen LogP contribution in [0.15, 0.2) is 126 Å². The molecule has 1 aliphatic heterocycles. The molecule has 29 nitrogen and oxygen atoms in total. The summed E-state index contributed by atoms with van der Waals surface area (Å²) in [5.74, 6) is -6.19. The first-order valence-electron chi connectivity index (χ1n) is 32.8. The van der Waals surface area contributed by atoms with Gasteiger partial charge >= 0.3 is 23.9 Å². The Morgan fingerprint density at radius 2 is 1.06 bits per heavy atom. The lowest BCUT2D eigenvalue weighted by Crippen LogP contribution is -2.50. The van der Waals surface area contributed by atoms with Gasteiger partial charge in [-0.3, -0.25) is 62.8 Å². The van der Waals surface area contributed by atoms with Crippen LogP contribution in [-0.4, -0.2) is 235 Å². The van der Waals surface area contributed by atoms with Crippen LogP contribution in [0.25, 0.3) is 10.8 Å². The highest BCUT2D eigenvalue weighted by molar-refractivity contribution is 5.93. The smallest absolute Gasteiger partial charge is 0.344 e. The number of carboxylic acid groups (broad SMARTS) is 3. The molecule has 14 N–H and O–H groups in total. The molecule has 528 valence electrons. The van der Waals surface area contributed by atoms with Crippen molar-refractivity contribution >= 4 is 76.1 Å². The number of unbranched alkanes of at least 4 members (excludes halogenated alkanes) is 1. The zero-order valence-electron chi connectivity index (χ0n) is 55.3. The van der Waals surface area contributed by atoms with Gasteiger partial charge in [-0.15, -0.1) is 0 Å². The molecule has 1 heterocycles. The summed E-state index contributed by atoms with van der Waals surface area (Å²) in [7, 11) is 0. The first-order chi connectivity index (χ1) is 47.2. The summed E-state index contributed by atoms with van der Waals surface area (Å²) in [6, 6.07) is 33.3. The number of phenols is 1. The summed E-state index contributed by atoms with van der Waals surface area (Å²) in [4.78, 5) is 139. The van der Waals surface area contributed by atoms with Crippen LogP contribution in [0.3, 0.4) is 0 Å². The number of guanidine groups is 1. The molecule has 5 aromatic rings. The SMILES string of the molecule is CCC(=O)NCCNC(=O)/N=C(/N)NCCC[C@@H](NC(=O)C(c1ccccc1)c1cccc(OCCCCNC(=O)[C@@H](Cc2ccc3ccccc3c2)NC(=O)CCNC(=O)CN2CCN(CC(=O)O)CCN(CC(=O)O)CCN(CC(=O)O)CC2)c1)C(=O)NCc1ccc(O)cc1. The number of aliphatic imine (C=N–C) groups is 1. The summed E-state index contributed by atoms with van der Waals surface area (Å²) in [6.45, 7) is 3.49. The van der Waals surface area contributed by atoms with E-state index in [9.17, 15) is 68.4 Å². The zero-order valence-corrected chi connectivity index (χ0v) is 55.3. The van der Waals surface area contributed by atoms with E-state index in [0.29, 0.717) is 48.1 Å². The number of fused-ring (bicyclic) bond motifs is 1. The molecule has 5 aromatic carbocycles. The minimum atomic E-state index is -1.07. The molecule has 1 fully saturated rings. The maximum absolute atomic E-state index is 14.6. The average molecular weight is 1360 g/mol. The Balaban J connectivity index is 1.03. The highest BCUT2D eigenvalue weighted by Gasteiger charge is 2.29. The van der Waals surface area contributed by atoms with E-state index in [0.717, 1.165) is 16.3 Å². The molecule has 1 saturated heterocycles. The molecule has 98 heavy (non-hydrogen) atoms. The van der Waals surface area contributed by atoms with Crippen LogP contribution in [0.4, 0.5) is 4.79 Å². The van der Waals surface area contributed by atoms with Crippen molar-refractivity contribution in [2.24, 2.45) is 10.7 Å². The van der Waals surface area contributed by atoms with Gasteiger partial charge in [-0.1, -0.05) is 104 Å². The number of hydrogen-bond donors (Lipinski definition) is 13. The molecular formula is C69H92N14O15. The van der Waals surface area contributed by atoms with Gasteiger partial charge in [-0.25, -0.2) is 4.79 Å². The summed E-state index contributed by atoms with van der Waals surface area (Å²) >= 11 is 0. The number of phenolic OH excluding ortho intramolecular Hbond substituents is 1. The fourth-order valence-electron chi connectivity index (χ4n) is 10.8. The first-order valence-corrected chi connectivity index (χ1v) is 32.8. The third kappa shape index (κ3) is 29.0. The lowest BCUT2D eigenvalue weighted by atomic mass is 9.90. The highest BCUT2D eigenvalue weighted by Crippen LogP contribution is 2.29. The van der Waals surface area contributed by atoms with Crippen molar-refractivity contribution in [3.8, 4) is 11.5 Å². The van der Waals surface area contributed by atoms with Crippen molar-refractivity contribution in [3.05, 3.63) is 144 Å². The number of rotatable bonds is 36. The van der Waals surface area contributed by atoms with E-state index in [-0.39, 0.29) is 161 Å². The predicted molar refractivity (Wildman–Crippen MR) is 366 cm³/mol. The summed E-state index contributed by atoms with van der Waals surface area (Å²) in [5.41, 5.74) is 8.71. The molecule has 6 rings (SSSR count). The molecule has 0 aromatic heterocycles. The van der Waals surface area contributed by atoms with Crippen molar-refractivity contribution in [3.63, 3.8) is 0 Å². The van der Waals surface area contributed by atoms with Gasteiger partial charge in [0.15, 0.2) is 5.96 Å². The van der Waals surface area contributed by atoms with Crippen LogP contribution >= 0.6 is 0 Å². The average Bonchev–Trinajstić information content (AvgIpc) is 0.828. The lowest BCUT2D eigenvalue weighted by Gasteiger charge is -2.32. The number of nitrogens with one attached hydrogen (secondary N) is 8. The van der Waals surface area contributed by atoms with Gasteiger partial charge in [0.25, 0.3) is 0 Å². The lowest BCUT2D eigenvalue weighted by molar-refractivity contribution is -0.140. The number of carboxylic acids is 3. The van der Waals surface area contributed by atoms with Crippen LogP contribution in [-0.2, 0) is 56.1 Å². The Bertz CT molecular complexity index is 3440. The van der Waals surface area contributed by atoms with Gasteiger partial charge < -0.3 is 73.4 Å². The van der Waals surface area contributed by atoms with Crippen LogP contribution in [0.1, 0.15) is 73.6 Å². The van der Waals surface area contributed by atoms with E-state index in [1.165, 1.54) is 12.1 Å². The molecule has 0 saturated carbocycles. The Hall–Kier alpha value is -10.2. The van der Waals surface area contributed by atoms with Crippen LogP contribution in [0.2, 0.25) is 0 Å². The quantitative estimate of drug-likeness (QED) is 0.0153. The second kappa shape index (κ2) is 41.7. The van der Waals surface area contributed by atoms with Gasteiger partial charge in [0.2, 0.25) is 35.4 Å². The summed E-state index contributed by atoms with van der Waals surface area (Å²) in [5, 5.41) is 62.9. The molecule has 1 unspecified atom stereocenters. The Morgan fingerprint density at radius 1 is 0.500 bits per heavy atom. The van der Waals surface area contributed by atoms with Gasteiger partial charge in [0, 0.05) is 111 Å². The number of aliphatic carboxylic acids is 3. The molecule has 0 bridgehead atoms. The fraction of sp³-hybridized carbons (Fsp3) is 0.435. The first kappa shape index (κ1) is 76.8. The molecular weight excluding hydrogens is 1260 g/mol. The normalized spacial score (nSPS) is 14.6. The van der Waals surface area contributed by atoms with Crippen molar-refractivity contribution in [2.75, 3.05) is 118 Å². The van der Waals surface area contributed by atoms with E-state index < -0.39 is 71.5 Å².